The maximum Gasteiger partial charge on any atom is 0.211 e. The van der Waals surface area contributed by atoms with Gasteiger partial charge in [-0.3, -0.25) is 0 Å². The van der Waals surface area contributed by atoms with Gasteiger partial charge in [-0.1, -0.05) is 6.92 Å². The molecule has 0 aromatic carbocycles. The summed E-state index contributed by atoms with van der Waals surface area (Å²) in [6.45, 7) is 6.50. The maximum atomic E-state index is 5.63. The minimum absolute atomic E-state index is 0.172. The molecule has 0 aliphatic carbocycles. The van der Waals surface area contributed by atoms with Gasteiger partial charge in [-0.25, -0.2) is 4.99 Å². The molecule has 68 valence electrons. The van der Waals surface area contributed by atoms with Crippen LogP contribution in [0.3, 0.4) is 0 Å². The van der Waals surface area contributed by atoms with E-state index in [1.54, 1.807) is 0 Å². The standard InChI is InChI=1S/C9H16N2O/c1-4-8-10-7-5-6-9(2,3)11(7)12-8/h7H,4-6H2,1-3H3/t7-/m1/s1. The van der Waals surface area contributed by atoms with Crippen molar-refractivity contribution in [2.45, 2.75) is 51.7 Å². The SMILES string of the molecule is CCC1=N[C@H]2CCC(C)(C)N2O1. The smallest absolute Gasteiger partial charge is 0.211 e. The maximum absolute atomic E-state index is 5.63. The summed E-state index contributed by atoms with van der Waals surface area (Å²) in [4.78, 5) is 10.1. The zero-order valence-electron chi connectivity index (χ0n) is 8.00. The van der Waals surface area contributed by atoms with E-state index in [1.165, 1.54) is 6.42 Å². The van der Waals surface area contributed by atoms with Gasteiger partial charge in [0.2, 0.25) is 5.90 Å². The Kier molecular flexibility index (Phi) is 1.65. The van der Waals surface area contributed by atoms with Crippen LogP contribution in [0.4, 0.5) is 0 Å². The quantitative estimate of drug-likeness (QED) is 0.597. The molecule has 0 unspecified atom stereocenters. The molecule has 3 nitrogen and oxygen atoms in total. The average molecular weight is 168 g/mol. The van der Waals surface area contributed by atoms with Gasteiger partial charge in [0.05, 0.1) is 5.54 Å². The first-order chi connectivity index (χ1) is 5.63. The highest BCUT2D eigenvalue weighted by molar-refractivity contribution is 5.76. The van der Waals surface area contributed by atoms with Crippen LogP contribution in [0.2, 0.25) is 0 Å². The highest BCUT2D eigenvalue weighted by Gasteiger charge is 2.45. The van der Waals surface area contributed by atoms with Crippen molar-refractivity contribution in [2.24, 2.45) is 4.99 Å². The van der Waals surface area contributed by atoms with Gasteiger partial charge in [-0.2, -0.15) is 0 Å². The zero-order valence-corrected chi connectivity index (χ0v) is 8.00. The Morgan fingerprint density at radius 2 is 2.42 bits per heavy atom. The van der Waals surface area contributed by atoms with Gasteiger partial charge in [0.15, 0.2) is 0 Å². The van der Waals surface area contributed by atoms with Gasteiger partial charge in [0, 0.05) is 6.42 Å². The topological polar surface area (TPSA) is 24.8 Å². The summed E-state index contributed by atoms with van der Waals surface area (Å²) in [7, 11) is 0. The molecule has 1 saturated heterocycles. The molecule has 0 amide bonds. The largest absolute Gasteiger partial charge is 0.388 e. The molecular weight excluding hydrogens is 152 g/mol. The molecule has 2 aliphatic heterocycles. The molecule has 2 rings (SSSR count). The third-order valence-corrected chi connectivity index (χ3v) is 2.68. The van der Waals surface area contributed by atoms with Crippen LogP contribution in [-0.4, -0.2) is 22.7 Å². The number of aliphatic imine (C=N–C) groups is 1. The Balaban J connectivity index is 2.14. The van der Waals surface area contributed by atoms with Crippen molar-refractivity contribution in [2.75, 3.05) is 0 Å². The first kappa shape index (κ1) is 8.05. The van der Waals surface area contributed by atoms with Crippen LogP contribution in [-0.2, 0) is 4.84 Å². The highest BCUT2D eigenvalue weighted by Crippen LogP contribution is 2.37. The third-order valence-electron chi connectivity index (χ3n) is 2.68. The van der Waals surface area contributed by atoms with Gasteiger partial charge in [0.1, 0.15) is 6.17 Å². The number of hydrogen-bond donors (Lipinski definition) is 0. The van der Waals surface area contributed by atoms with Crippen LogP contribution in [0.25, 0.3) is 0 Å². The van der Waals surface area contributed by atoms with Crippen LogP contribution in [0.15, 0.2) is 4.99 Å². The van der Waals surface area contributed by atoms with E-state index in [1.807, 2.05) is 5.06 Å². The van der Waals surface area contributed by atoms with Gasteiger partial charge >= 0.3 is 0 Å². The van der Waals surface area contributed by atoms with E-state index < -0.39 is 0 Å². The van der Waals surface area contributed by atoms with Crippen molar-refractivity contribution in [3.05, 3.63) is 0 Å². The molecule has 0 N–H and O–H groups in total. The molecule has 1 atom stereocenters. The van der Waals surface area contributed by atoms with Crippen LogP contribution >= 0.6 is 0 Å². The van der Waals surface area contributed by atoms with Gasteiger partial charge < -0.3 is 4.84 Å². The Bertz CT molecular complexity index is 223. The fourth-order valence-corrected chi connectivity index (χ4v) is 1.87. The van der Waals surface area contributed by atoms with Gasteiger partial charge in [-0.15, -0.1) is 5.06 Å². The highest BCUT2D eigenvalue weighted by atomic mass is 16.7. The second kappa shape index (κ2) is 2.46. The molecule has 0 spiro atoms. The van der Waals surface area contributed by atoms with E-state index in [4.69, 9.17) is 4.84 Å². The molecule has 12 heavy (non-hydrogen) atoms. The van der Waals surface area contributed by atoms with Crippen molar-refractivity contribution in [3.63, 3.8) is 0 Å². The zero-order chi connectivity index (χ0) is 8.77. The Hall–Kier alpha value is -0.570. The monoisotopic (exact) mass is 168 g/mol. The van der Waals surface area contributed by atoms with Crippen LogP contribution < -0.4 is 0 Å². The van der Waals surface area contributed by atoms with E-state index in [2.05, 4.69) is 25.8 Å². The van der Waals surface area contributed by atoms with E-state index >= 15 is 0 Å². The molecular formula is C9H16N2O. The Morgan fingerprint density at radius 3 is 3.00 bits per heavy atom. The molecule has 1 fully saturated rings. The first-order valence-electron chi connectivity index (χ1n) is 4.67. The summed E-state index contributed by atoms with van der Waals surface area (Å²) in [6.07, 6.45) is 3.52. The van der Waals surface area contributed by atoms with Crippen molar-refractivity contribution in [1.29, 1.82) is 0 Å². The number of rotatable bonds is 1. The lowest BCUT2D eigenvalue weighted by Gasteiger charge is -2.28. The predicted molar refractivity (Wildman–Crippen MR) is 47.8 cm³/mol. The van der Waals surface area contributed by atoms with Crippen LogP contribution in [0, 0.1) is 0 Å². The summed E-state index contributed by atoms with van der Waals surface area (Å²) in [6, 6.07) is 0. The lowest BCUT2D eigenvalue weighted by molar-refractivity contribution is -0.127. The Labute approximate surface area is 73.4 Å². The van der Waals surface area contributed by atoms with Crippen molar-refractivity contribution >= 4 is 5.90 Å². The minimum Gasteiger partial charge on any atom is -0.388 e. The summed E-state index contributed by atoms with van der Waals surface area (Å²) in [5.74, 6) is 0.896. The first-order valence-corrected chi connectivity index (χ1v) is 4.67. The van der Waals surface area contributed by atoms with Gasteiger partial charge in [0.25, 0.3) is 0 Å². The molecule has 2 aliphatic rings. The lowest BCUT2D eigenvalue weighted by atomic mass is 10.0. The molecule has 0 bridgehead atoms. The van der Waals surface area contributed by atoms with Gasteiger partial charge in [-0.05, 0) is 26.7 Å². The fourth-order valence-electron chi connectivity index (χ4n) is 1.87. The molecule has 0 saturated carbocycles. The second-order valence-electron chi connectivity index (χ2n) is 4.13. The second-order valence-corrected chi connectivity index (χ2v) is 4.13. The molecule has 2 heterocycles. The van der Waals surface area contributed by atoms with E-state index in [9.17, 15) is 0 Å². The fraction of sp³-hybridized carbons (Fsp3) is 0.889. The number of hydroxylamine groups is 2. The molecule has 3 heteroatoms. The van der Waals surface area contributed by atoms with Crippen LogP contribution in [0.1, 0.15) is 40.0 Å². The van der Waals surface area contributed by atoms with Crippen molar-refractivity contribution in [1.82, 2.24) is 5.06 Å². The minimum atomic E-state index is 0.172. The lowest BCUT2D eigenvalue weighted by Crippen LogP contribution is -2.39. The van der Waals surface area contributed by atoms with Crippen molar-refractivity contribution < 1.29 is 4.84 Å². The predicted octanol–water partition coefficient (Wildman–Crippen LogP) is 1.94. The molecule has 0 aromatic rings. The summed E-state index contributed by atoms with van der Waals surface area (Å²) < 4.78 is 0. The summed E-state index contributed by atoms with van der Waals surface area (Å²) in [5, 5.41) is 2.05. The normalized spacial score (nSPS) is 32.9. The average Bonchev–Trinajstić information content (AvgIpc) is 2.53. The van der Waals surface area contributed by atoms with Crippen LogP contribution in [0.5, 0.6) is 0 Å². The number of hydrogen-bond acceptors (Lipinski definition) is 3. The van der Waals surface area contributed by atoms with Crippen molar-refractivity contribution in [3.8, 4) is 0 Å². The van der Waals surface area contributed by atoms with E-state index in [0.717, 1.165) is 18.7 Å². The number of fused-ring (bicyclic) bond motifs is 1. The summed E-state index contributed by atoms with van der Waals surface area (Å²) in [5.41, 5.74) is 0.172. The Morgan fingerprint density at radius 1 is 1.67 bits per heavy atom. The summed E-state index contributed by atoms with van der Waals surface area (Å²) >= 11 is 0. The van der Waals surface area contributed by atoms with E-state index in [0.29, 0.717) is 6.17 Å². The molecule has 0 radical (unpaired) electrons. The third kappa shape index (κ3) is 1.04. The van der Waals surface area contributed by atoms with E-state index in [-0.39, 0.29) is 5.54 Å². The number of nitrogens with zero attached hydrogens (tertiary/aromatic N) is 2. The molecule has 0 aromatic heterocycles.